The van der Waals surface area contributed by atoms with Gasteiger partial charge in [0.1, 0.15) is 17.2 Å². The van der Waals surface area contributed by atoms with Crippen LogP contribution in [0.1, 0.15) is 23.2 Å². The molecule has 2 aromatic carbocycles. The van der Waals surface area contributed by atoms with Crippen LogP contribution in [-0.4, -0.2) is 32.1 Å². The summed E-state index contributed by atoms with van der Waals surface area (Å²) in [5.41, 5.74) is 1.45. The van der Waals surface area contributed by atoms with E-state index in [4.69, 9.17) is 9.47 Å². The standard InChI is InChI=1S/C21H19N5O3/c1-3-28-16-8-10-18(11-9-16)29-17-6-4-15(5-7-17)23-20(27)19-24-21-22-13-12-14(2)26(21)25-19/h4-13H,3H2,1-2H3,(H,23,27). The molecule has 0 unspecified atom stereocenters. The van der Waals surface area contributed by atoms with Crippen LogP contribution in [0.25, 0.3) is 5.78 Å². The lowest BCUT2D eigenvalue weighted by atomic mass is 10.3. The Labute approximate surface area is 167 Å². The molecule has 1 N–H and O–H groups in total. The van der Waals surface area contributed by atoms with E-state index >= 15 is 0 Å². The molecule has 2 aromatic heterocycles. The molecule has 0 bridgehead atoms. The number of aryl methyl sites for hydroxylation is 1. The van der Waals surface area contributed by atoms with Gasteiger partial charge in [0.05, 0.1) is 6.61 Å². The summed E-state index contributed by atoms with van der Waals surface area (Å²) in [5, 5.41) is 6.97. The second-order valence-electron chi connectivity index (χ2n) is 6.22. The Morgan fingerprint density at radius 3 is 2.31 bits per heavy atom. The van der Waals surface area contributed by atoms with Crippen molar-refractivity contribution in [1.29, 1.82) is 0 Å². The van der Waals surface area contributed by atoms with Crippen LogP contribution in [-0.2, 0) is 0 Å². The van der Waals surface area contributed by atoms with Crippen molar-refractivity contribution in [1.82, 2.24) is 19.6 Å². The molecule has 0 aliphatic carbocycles. The molecule has 146 valence electrons. The van der Waals surface area contributed by atoms with E-state index in [9.17, 15) is 4.79 Å². The number of benzene rings is 2. The molecule has 4 rings (SSSR count). The highest BCUT2D eigenvalue weighted by Gasteiger charge is 2.14. The summed E-state index contributed by atoms with van der Waals surface area (Å²) in [7, 11) is 0. The van der Waals surface area contributed by atoms with Gasteiger partial charge in [-0.05, 0) is 68.4 Å². The summed E-state index contributed by atoms with van der Waals surface area (Å²) in [6.07, 6.45) is 1.63. The molecular formula is C21H19N5O3. The fourth-order valence-corrected chi connectivity index (χ4v) is 2.70. The number of aromatic nitrogens is 4. The predicted octanol–water partition coefficient (Wildman–Crippen LogP) is 3.88. The molecule has 0 aliphatic heterocycles. The third kappa shape index (κ3) is 4.16. The minimum Gasteiger partial charge on any atom is -0.494 e. The van der Waals surface area contributed by atoms with Crippen LogP contribution in [0, 0.1) is 6.92 Å². The van der Waals surface area contributed by atoms with Crippen molar-refractivity contribution in [2.24, 2.45) is 0 Å². The van der Waals surface area contributed by atoms with E-state index in [1.807, 2.05) is 38.1 Å². The number of anilines is 1. The molecular weight excluding hydrogens is 370 g/mol. The summed E-state index contributed by atoms with van der Waals surface area (Å²) in [6, 6.07) is 16.2. The van der Waals surface area contributed by atoms with Gasteiger partial charge in [0.2, 0.25) is 5.82 Å². The average molecular weight is 389 g/mol. The van der Waals surface area contributed by atoms with Gasteiger partial charge < -0.3 is 14.8 Å². The molecule has 0 spiro atoms. The highest BCUT2D eigenvalue weighted by molar-refractivity contribution is 6.01. The Bertz CT molecular complexity index is 1140. The van der Waals surface area contributed by atoms with Crippen LogP contribution >= 0.6 is 0 Å². The fourth-order valence-electron chi connectivity index (χ4n) is 2.70. The van der Waals surface area contributed by atoms with E-state index in [1.165, 1.54) is 4.52 Å². The Balaban J connectivity index is 1.42. The molecule has 8 nitrogen and oxygen atoms in total. The number of hydrogen-bond donors (Lipinski definition) is 1. The first-order chi connectivity index (χ1) is 14.1. The lowest BCUT2D eigenvalue weighted by Gasteiger charge is -2.08. The summed E-state index contributed by atoms with van der Waals surface area (Å²) in [5.74, 6) is 2.18. The minimum atomic E-state index is -0.407. The molecule has 0 atom stereocenters. The first kappa shape index (κ1) is 18.4. The van der Waals surface area contributed by atoms with Gasteiger partial charge in [0.25, 0.3) is 11.7 Å². The Kier molecular flexibility index (Phi) is 5.07. The van der Waals surface area contributed by atoms with E-state index in [0.717, 1.165) is 11.4 Å². The average Bonchev–Trinajstić information content (AvgIpc) is 3.17. The van der Waals surface area contributed by atoms with E-state index in [1.54, 1.807) is 36.5 Å². The van der Waals surface area contributed by atoms with Crippen molar-refractivity contribution in [3.8, 4) is 17.2 Å². The first-order valence-electron chi connectivity index (χ1n) is 9.13. The maximum absolute atomic E-state index is 12.4. The van der Waals surface area contributed by atoms with Crippen LogP contribution in [0.4, 0.5) is 5.69 Å². The van der Waals surface area contributed by atoms with E-state index < -0.39 is 5.91 Å². The summed E-state index contributed by atoms with van der Waals surface area (Å²) in [4.78, 5) is 20.7. The maximum Gasteiger partial charge on any atom is 0.295 e. The number of amides is 1. The number of carbonyl (C=O) groups is 1. The van der Waals surface area contributed by atoms with Gasteiger partial charge in [0.15, 0.2) is 0 Å². The van der Waals surface area contributed by atoms with Crippen molar-refractivity contribution in [2.45, 2.75) is 13.8 Å². The number of carbonyl (C=O) groups excluding carboxylic acids is 1. The monoisotopic (exact) mass is 389 g/mol. The first-order valence-corrected chi connectivity index (χ1v) is 9.13. The zero-order chi connectivity index (χ0) is 20.2. The molecule has 0 saturated carbocycles. The normalized spacial score (nSPS) is 10.7. The van der Waals surface area contributed by atoms with Crippen LogP contribution in [0.5, 0.6) is 17.2 Å². The minimum absolute atomic E-state index is 0.0570. The van der Waals surface area contributed by atoms with Gasteiger partial charge in [-0.2, -0.15) is 4.98 Å². The van der Waals surface area contributed by atoms with Crippen molar-refractivity contribution >= 4 is 17.4 Å². The number of rotatable bonds is 6. The lowest BCUT2D eigenvalue weighted by molar-refractivity contribution is 0.101. The zero-order valence-corrected chi connectivity index (χ0v) is 16.0. The third-order valence-corrected chi connectivity index (χ3v) is 4.12. The van der Waals surface area contributed by atoms with E-state index in [2.05, 4.69) is 20.4 Å². The van der Waals surface area contributed by atoms with Crippen LogP contribution in [0.3, 0.4) is 0 Å². The smallest absolute Gasteiger partial charge is 0.295 e. The molecule has 0 aliphatic rings. The topological polar surface area (TPSA) is 90.6 Å². The zero-order valence-electron chi connectivity index (χ0n) is 16.0. The van der Waals surface area contributed by atoms with Crippen molar-refractivity contribution < 1.29 is 14.3 Å². The molecule has 29 heavy (non-hydrogen) atoms. The molecule has 0 radical (unpaired) electrons. The summed E-state index contributed by atoms with van der Waals surface area (Å²) >= 11 is 0. The fraction of sp³-hybridized carbons (Fsp3) is 0.143. The molecule has 0 saturated heterocycles. The highest BCUT2D eigenvalue weighted by atomic mass is 16.5. The van der Waals surface area contributed by atoms with E-state index in [-0.39, 0.29) is 5.82 Å². The van der Waals surface area contributed by atoms with Crippen LogP contribution in [0.2, 0.25) is 0 Å². The molecule has 1 amide bonds. The van der Waals surface area contributed by atoms with E-state index in [0.29, 0.717) is 29.6 Å². The number of nitrogens with zero attached hydrogens (tertiary/aromatic N) is 4. The SMILES string of the molecule is CCOc1ccc(Oc2ccc(NC(=O)c3nc4nccc(C)n4n3)cc2)cc1. The summed E-state index contributed by atoms with van der Waals surface area (Å²) < 4.78 is 12.7. The van der Waals surface area contributed by atoms with Gasteiger partial charge in [0, 0.05) is 17.6 Å². The molecule has 8 heteroatoms. The summed E-state index contributed by atoms with van der Waals surface area (Å²) in [6.45, 7) is 4.43. The predicted molar refractivity (Wildman–Crippen MR) is 108 cm³/mol. The number of ether oxygens (including phenoxy) is 2. The van der Waals surface area contributed by atoms with Gasteiger partial charge in [-0.25, -0.2) is 9.50 Å². The second kappa shape index (κ2) is 7.97. The van der Waals surface area contributed by atoms with Gasteiger partial charge >= 0.3 is 0 Å². The maximum atomic E-state index is 12.4. The second-order valence-corrected chi connectivity index (χ2v) is 6.22. The molecule has 2 heterocycles. The Hall–Kier alpha value is -3.94. The van der Waals surface area contributed by atoms with Crippen molar-refractivity contribution in [3.63, 3.8) is 0 Å². The van der Waals surface area contributed by atoms with Crippen LogP contribution < -0.4 is 14.8 Å². The van der Waals surface area contributed by atoms with Gasteiger partial charge in [-0.1, -0.05) is 0 Å². The third-order valence-electron chi connectivity index (χ3n) is 4.12. The van der Waals surface area contributed by atoms with Gasteiger partial charge in [-0.3, -0.25) is 4.79 Å². The van der Waals surface area contributed by atoms with Gasteiger partial charge in [-0.15, -0.1) is 5.10 Å². The Morgan fingerprint density at radius 1 is 1.00 bits per heavy atom. The molecule has 4 aromatic rings. The number of nitrogens with one attached hydrogen (secondary N) is 1. The van der Waals surface area contributed by atoms with Crippen molar-refractivity contribution in [2.75, 3.05) is 11.9 Å². The number of fused-ring (bicyclic) bond motifs is 1. The Morgan fingerprint density at radius 2 is 1.66 bits per heavy atom. The lowest BCUT2D eigenvalue weighted by Crippen LogP contribution is -2.14. The number of hydrogen-bond acceptors (Lipinski definition) is 6. The highest BCUT2D eigenvalue weighted by Crippen LogP contribution is 2.25. The molecule has 0 fully saturated rings. The quantitative estimate of drug-likeness (QED) is 0.538. The largest absolute Gasteiger partial charge is 0.494 e. The van der Waals surface area contributed by atoms with Crippen molar-refractivity contribution in [3.05, 3.63) is 72.3 Å². The van der Waals surface area contributed by atoms with Crippen LogP contribution in [0.15, 0.2) is 60.8 Å².